The lowest BCUT2D eigenvalue weighted by atomic mass is 10.0. The van der Waals surface area contributed by atoms with Crippen LogP contribution in [0.15, 0.2) is 71.2 Å². The minimum absolute atomic E-state index is 0.249. The number of esters is 1. The molecule has 4 aromatic rings. The van der Waals surface area contributed by atoms with Crippen molar-refractivity contribution in [3.05, 3.63) is 93.5 Å². The maximum absolute atomic E-state index is 13.4. The summed E-state index contributed by atoms with van der Waals surface area (Å²) in [7, 11) is 0. The number of carbonyl (C=O) groups is 2. The molecule has 0 fully saturated rings. The van der Waals surface area contributed by atoms with Gasteiger partial charge < -0.3 is 10.1 Å². The van der Waals surface area contributed by atoms with Crippen LogP contribution in [-0.2, 0) is 4.74 Å². The second-order valence-electron chi connectivity index (χ2n) is 8.56. The highest BCUT2D eigenvalue weighted by atomic mass is 79.9. The Labute approximate surface area is 213 Å². The fraction of sp³-hybridized carbons (Fsp3) is 0.207. The van der Waals surface area contributed by atoms with Crippen LogP contribution in [0.1, 0.15) is 51.6 Å². The summed E-state index contributed by atoms with van der Waals surface area (Å²) < 4.78 is 6.14. The maximum Gasteiger partial charge on any atom is 0.338 e. The number of benzene rings is 3. The summed E-state index contributed by atoms with van der Waals surface area (Å²) in [5, 5.41) is 3.73. The first-order valence-electron chi connectivity index (χ1n) is 11.6. The molecule has 1 aromatic heterocycles. The number of hydrogen-bond acceptors (Lipinski definition) is 4. The van der Waals surface area contributed by atoms with Gasteiger partial charge in [0, 0.05) is 21.1 Å². The third-order valence-electron chi connectivity index (χ3n) is 5.77. The zero-order valence-electron chi connectivity index (χ0n) is 20.0. The maximum atomic E-state index is 13.4. The van der Waals surface area contributed by atoms with E-state index in [2.05, 4.69) is 21.2 Å². The van der Waals surface area contributed by atoms with E-state index in [-0.39, 0.29) is 11.9 Å². The van der Waals surface area contributed by atoms with Crippen LogP contribution in [-0.4, -0.2) is 23.5 Å². The summed E-state index contributed by atoms with van der Waals surface area (Å²) >= 11 is 3.55. The Hall–Kier alpha value is -3.51. The van der Waals surface area contributed by atoms with Gasteiger partial charge in [0.1, 0.15) is 0 Å². The van der Waals surface area contributed by atoms with Crippen LogP contribution in [0.5, 0.6) is 0 Å². The second kappa shape index (κ2) is 10.8. The molecule has 0 aliphatic rings. The monoisotopic (exact) mass is 530 g/mol. The highest BCUT2D eigenvalue weighted by Crippen LogP contribution is 2.30. The zero-order chi connectivity index (χ0) is 24.9. The van der Waals surface area contributed by atoms with E-state index < -0.39 is 0 Å². The minimum Gasteiger partial charge on any atom is -0.462 e. The molecule has 35 heavy (non-hydrogen) atoms. The minimum atomic E-state index is -0.362. The Kier molecular flexibility index (Phi) is 7.61. The number of amides is 1. The first-order valence-corrected chi connectivity index (χ1v) is 12.4. The van der Waals surface area contributed by atoms with Crippen molar-refractivity contribution >= 4 is 44.4 Å². The predicted molar refractivity (Wildman–Crippen MR) is 144 cm³/mol. The molecule has 0 atom stereocenters. The number of aromatic nitrogens is 1. The average molecular weight is 531 g/mol. The average Bonchev–Trinajstić information content (AvgIpc) is 2.84. The lowest BCUT2D eigenvalue weighted by Crippen LogP contribution is -2.14. The summed E-state index contributed by atoms with van der Waals surface area (Å²) in [5.41, 5.74) is 6.16. The van der Waals surface area contributed by atoms with E-state index in [1.54, 1.807) is 24.3 Å². The quantitative estimate of drug-likeness (QED) is 0.198. The molecule has 0 bridgehead atoms. The SMILES string of the molecule is CCCCOC(=O)c1ccc(NC(=O)c2cc(-c3ccc(C)cc3)nc3c(C)cc(Br)cc23)cc1. The number of nitrogens with one attached hydrogen (secondary N) is 1. The van der Waals surface area contributed by atoms with Crippen molar-refractivity contribution < 1.29 is 14.3 Å². The third kappa shape index (κ3) is 5.77. The van der Waals surface area contributed by atoms with Gasteiger partial charge in [0.05, 0.1) is 28.9 Å². The van der Waals surface area contributed by atoms with Crippen LogP contribution in [0.25, 0.3) is 22.2 Å². The standard InChI is InChI=1S/C29H27BrN2O3/c1-4-5-14-35-29(34)21-10-12-23(13-11-21)31-28(33)25-17-26(20-8-6-18(2)7-9-20)32-27-19(3)15-22(30)16-24(25)27/h6-13,15-17H,4-5,14H2,1-3H3,(H,31,33). The Balaban J connectivity index is 1.66. The van der Waals surface area contributed by atoms with Gasteiger partial charge in [0.15, 0.2) is 0 Å². The lowest BCUT2D eigenvalue weighted by molar-refractivity contribution is 0.0499. The first kappa shape index (κ1) is 24.6. The molecule has 0 radical (unpaired) electrons. The van der Waals surface area contributed by atoms with Gasteiger partial charge in [-0.1, -0.05) is 59.1 Å². The van der Waals surface area contributed by atoms with Crippen molar-refractivity contribution in [1.29, 1.82) is 0 Å². The molecule has 5 nitrogen and oxygen atoms in total. The molecular weight excluding hydrogens is 504 g/mol. The van der Waals surface area contributed by atoms with E-state index in [0.29, 0.717) is 23.4 Å². The Morgan fingerprint density at radius 2 is 1.69 bits per heavy atom. The van der Waals surface area contributed by atoms with Crippen molar-refractivity contribution in [2.45, 2.75) is 33.6 Å². The van der Waals surface area contributed by atoms with Crippen molar-refractivity contribution in [1.82, 2.24) is 4.98 Å². The summed E-state index contributed by atoms with van der Waals surface area (Å²) in [6, 6.07) is 20.6. The summed E-state index contributed by atoms with van der Waals surface area (Å²) in [4.78, 5) is 30.5. The topological polar surface area (TPSA) is 68.3 Å². The van der Waals surface area contributed by atoms with Crippen molar-refractivity contribution in [2.24, 2.45) is 0 Å². The summed E-state index contributed by atoms with van der Waals surface area (Å²) in [6.07, 6.45) is 1.80. The highest BCUT2D eigenvalue weighted by molar-refractivity contribution is 9.10. The van der Waals surface area contributed by atoms with Crippen LogP contribution < -0.4 is 5.32 Å². The number of aryl methyl sites for hydroxylation is 2. The largest absolute Gasteiger partial charge is 0.462 e. The van der Waals surface area contributed by atoms with Gasteiger partial charge in [-0.2, -0.15) is 0 Å². The number of halogens is 1. The van der Waals surface area contributed by atoms with E-state index in [1.807, 2.05) is 63.2 Å². The molecule has 1 heterocycles. The molecule has 1 amide bonds. The predicted octanol–water partition coefficient (Wildman–Crippen LogP) is 7.49. The van der Waals surface area contributed by atoms with Gasteiger partial charge >= 0.3 is 5.97 Å². The van der Waals surface area contributed by atoms with Gasteiger partial charge in [-0.25, -0.2) is 9.78 Å². The van der Waals surface area contributed by atoms with Crippen LogP contribution in [0.2, 0.25) is 0 Å². The van der Waals surface area contributed by atoms with Crippen molar-refractivity contribution in [2.75, 3.05) is 11.9 Å². The highest BCUT2D eigenvalue weighted by Gasteiger charge is 2.17. The summed E-state index contributed by atoms with van der Waals surface area (Å²) in [6.45, 7) is 6.47. The van der Waals surface area contributed by atoms with E-state index >= 15 is 0 Å². The normalized spacial score (nSPS) is 10.9. The van der Waals surface area contributed by atoms with Crippen molar-refractivity contribution in [3.8, 4) is 11.3 Å². The molecule has 0 aliphatic carbocycles. The molecule has 178 valence electrons. The van der Waals surface area contributed by atoms with Gasteiger partial charge in [-0.3, -0.25) is 4.79 Å². The molecule has 0 aliphatic heterocycles. The number of rotatable bonds is 7. The number of nitrogens with zero attached hydrogens (tertiary/aromatic N) is 1. The van der Waals surface area contributed by atoms with Crippen LogP contribution >= 0.6 is 15.9 Å². The van der Waals surface area contributed by atoms with Crippen molar-refractivity contribution in [3.63, 3.8) is 0 Å². The smallest absolute Gasteiger partial charge is 0.338 e. The lowest BCUT2D eigenvalue weighted by Gasteiger charge is -2.13. The Morgan fingerprint density at radius 1 is 0.971 bits per heavy atom. The number of ether oxygens (including phenoxy) is 1. The fourth-order valence-corrected chi connectivity index (χ4v) is 4.37. The fourth-order valence-electron chi connectivity index (χ4n) is 3.80. The van der Waals surface area contributed by atoms with Gasteiger partial charge in [0.2, 0.25) is 0 Å². The first-order chi connectivity index (χ1) is 16.9. The van der Waals surface area contributed by atoms with E-state index in [1.165, 1.54) is 0 Å². The number of fused-ring (bicyclic) bond motifs is 1. The van der Waals surface area contributed by atoms with Crippen LogP contribution in [0.4, 0.5) is 5.69 Å². The van der Waals surface area contributed by atoms with E-state index in [0.717, 1.165) is 50.6 Å². The molecule has 3 aromatic carbocycles. The van der Waals surface area contributed by atoms with Crippen LogP contribution in [0.3, 0.4) is 0 Å². The number of unbranched alkanes of at least 4 members (excludes halogenated alkanes) is 1. The molecule has 0 saturated carbocycles. The molecule has 4 rings (SSSR count). The molecule has 1 N–H and O–H groups in total. The Bertz CT molecular complexity index is 1380. The van der Waals surface area contributed by atoms with Gasteiger partial charge in [-0.15, -0.1) is 0 Å². The van der Waals surface area contributed by atoms with Gasteiger partial charge in [0.25, 0.3) is 5.91 Å². The summed E-state index contributed by atoms with van der Waals surface area (Å²) in [5.74, 6) is -0.610. The van der Waals surface area contributed by atoms with E-state index in [4.69, 9.17) is 9.72 Å². The number of anilines is 1. The molecule has 0 saturated heterocycles. The third-order valence-corrected chi connectivity index (χ3v) is 6.23. The number of pyridine rings is 1. The molecule has 0 spiro atoms. The zero-order valence-corrected chi connectivity index (χ0v) is 21.6. The second-order valence-corrected chi connectivity index (χ2v) is 9.48. The van der Waals surface area contributed by atoms with Gasteiger partial charge in [-0.05, 0) is 68.3 Å². The molecular formula is C29H27BrN2O3. The number of hydrogen-bond donors (Lipinski definition) is 1. The molecule has 0 unspecified atom stereocenters. The van der Waals surface area contributed by atoms with Crippen LogP contribution in [0, 0.1) is 13.8 Å². The Morgan fingerprint density at radius 3 is 2.37 bits per heavy atom. The van der Waals surface area contributed by atoms with E-state index in [9.17, 15) is 9.59 Å². The number of carbonyl (C=O) groups excluding carboxylic acids is 2. The molecule has 6 heteroatoms.